The van der Waals surface area contributed by atoms with Crippen LogP contribution in [0.3, 0.4) is 0 Å². The van der Waals surface area contributed by atoms with Gasteiger partial charge in [-0.15, -0.1) is 0 Å². The van der Waals surface area contributed by atoms with Gasteiger partial charge in [-0.05, 0) is 37.0 Å². The van der Waals surface area contributed by atoms with Crippen molar-refractivity contribution < 1.29 is 22.7 Å². The lowest BCUT2D eigenvalue weighted by atomic mass is 9.78. The normalized spacial score (nSPS) is 25.0. The molecule has 1 saturated carbocycles. The molecule has 1 heterocycles. The number of hydrogen-bond donors (Lipinski definition) is 1. The molecule has 1 fully saturated rings. The fourth-order valence-electron chi connectivity index (χ4n) is 3.61. The van der Waals surface area contributed by atoms with Gasteiger partial charge in [0.1, 0.15) is 5.78 Å². The average molecular weight is 386 g/mol. The fourth-order valence-corrected chi connectivity index (χ4v) is 5.57. The van der Waals surface area contributed by atoms with Crippen molar-refractivity contribution in [2.75, 3.05) is 19.6 Å². The molecule has 2 unspecified atom stereocenters. The minimum atomic E-state index is -3.32. The first-order valence-electron chi connectivity index (χ1n) is 8.20. The maximum atomic E-state index is 13.0. The zero-order valence-electron chi connectivity index (χ0n) is 13.9. The van der Waals surface area contributed by atoms with Gasteiger partial charge in [-0.1, -0.05) is 11.6 Å². The van der Waals surface area contributed by atoms with Crippen LogP contribution in [0.15, 0.2) is 17.0 Å². The van der Waals surface area contributed by atoms with E-state index >= 15 is 0 Å². The summed E-state index contributed by atoms with van der Waals surface area (Å²) in [4.78, 5) is 25.6. The van der Waals surface area contributed by atoms with E-state index in [0.29, 0.717) is 24.8 Å². The highest BCUT2D eigenvalue weighted by molar-refractivity contribution is 7.91. The molecular weight excluding hydrogens is 366 g/mol. The third-order valence-electron chi connectivity index (χ3n) is 4.88. The molecule has 1 aliphatic heterocycles. The van der Waals surface area contributed by atoms with Gasteiger partial charge in [0.15, 0.2) is 15.6 Å². The molecule has 2 atom stereocenters. The molecule has 1 N–H and O–H groups in total. The number of ketones is 2. The maximum absolute atomic E-state index is 13.0. The van der Waals surface area contributed by atoms with Crippen molar-refractivity contribution in [1.82, 2.24) is 5.32 Å². The Labute approximate surface area is 151 Å². The molecule has 136 valence electrons. The van der Waals surface area contributed by atoms with Crippen molar-refractivity contribution in [1.29, 1.82) is 0 Å². The summed E-state index contributed by atoms with van der Waals surface area (Å²) < 4.78 is 29.0. The van der Waals surface area contributed by atoms with Crippen molar-refractivity contribution in [2.45, 2.75) is 36.6 Å². The highest BCUT2D eigenvalue weighted by Crippen LogP contribution is 2.36. The van der Waals surface area contributed by atoms with E-state index in [2.05, 4.69) is 5.32 Å². The highest BCUT2D eigenvalue weighted by atomic mass is 35.5. The summed E-state index contributed by atoms with van der Waals surface area (Å²) in [6.07, 6.45) is 2.07. The predicted molar refractivity (Wildman–Crippen MR) is 92.7 cm³/mol. The van der Waals surface area contributed by atoms with E-state index in [1.165, 1.54) is 19.2 Å². The van der Waals surface area contributed by atoms with E-state index in [9.17, 15) is 18.0 Å². The highest BCUT2D eigenvalue weighted by Gasteiger charge is 2.39. The maximum Gasteiger partial charge on any atom is 0.179 e. The lowest BCUT2D eigenvalue weighted by Crippen LogP contribution is -2.47. The van der Waals surface area contributed by atoms with E-state index in [0.717, 1.165) is 6.42 Å². The molecule has 3 rings (SSSR count). The molecular formula is C17H20ClNO5S. The van der Waals surface area contributed by atoms with E-state index in [-0.39, 0.29) is 45.6 Å². The second-order valence-corrected chi connectivity index (χ2v) is 8.87. The van der Waals surface area contributed by atoms with Crippen LogP contribution in [0.4, 0.5) is 0 Å². The van der Waals surface area contributed by atoms with Gasteiger partial charge in [0, 0.05) is 25.1 Å². The quantitative estimate of drug-likeness (QED) is 0.472. The van der Waals surface area contributed by atoms with Gasteiger partial charge in [0.25, 0.3) is 0 Å². The van der Waals surface area contributed by atoms with Gasteiger partial charge in [-0.2, -0.15) is 0 Å². The molecule has 0 amide bonds. The molecule has 0 radical (unpaired) electrons. The minimum absolute atomic E-state index is 0.0000751. The molecule has 0 bridgehead atoms. The Morgan fingerprint density at radius 2 is 2.12 bits per heavy atom. The molecule has 8 heteroatoms. The number of carbonyl (C=O) groups excluding carboxylic acids is 2. The van der Waals surface area contributed by atoms with Crippen LogP contribution in [0, 0.1) is 5.92 Å². The van der Waals surface area contributed by atoms with Crippen LogP contribution in [-0.2, 0) is 25.8 Å². The molecule has 2 aliphatic rings. The molecule has 1 aliphatic carbocycles. The molecule has 1 aromatic rings. The van der Waals surface area contributed by atoms with Crippen LogP contribution in [0.2, 0.25) is 5.02 Å². The molecule has 6 nitrogen and oxygen atoms in total. The minimum Gasteiger partial charge on any atom is -0.370 e. The Balaban J connectivity index is 1.95. The number of Topliss-reactive ketones (excluding diaryl/α,β-unsaturated/α-hetero) is 2. The lowest BCUT2D eigenvalue weighted by molar-refractivity contribution is -0.124. The number of rotatable bonds is 5. The van der Waals surface area contributed by atoms with Crippen LogP contribution in [0.25, 0.3) is 0 Å². The van der Waals surface area contributed by atoms with Gasteiger partial charge in [-0.3, -0.25) is 14.9 Å². The Morgan fingerprint density at radius 1 is 1.36 bits per heavy atom. The Bertz CT molecular complexity index is 821. The van der Waals surface area contributed by atoms with Crippen molar-refractivity contribution in [3.8, 4) is 0 Å². The van der Waals surface area contributed by atoms with E-state index in [1.807, 2.05) is 0 Å². The van der Waals surface area contributed by atoms with Crippen molar-refractivity contribution in [2.24, 2.45) is 5.92 Å². The van der Waals surface area contributed by atoms with Gasteiger partial charge in [-0.25, -0.2) is 8.42 Å². The van der Waals surface area contributed by atoms with Crippen LogP contribution in [0.1, 0.15) is 35.2 Å². The van der Waals surface area contributed by atoms with Crippen molar-refractivity contribution in [3.05, 3.63) is 28.3 Å². The zero-order valence-corrected chi connectivity index (χ0v) is 15.5. The first-order chi connectivity index (χ1) is 11.9. The van der Waals surface area contributed by atoms with Crippen LogP contribution >= 0.6 is 11.6 Å². The molecule has 0 aromatic heterocycles. The summed E-state index contributed by atoms with van der Waals surface area (Å²) in [7, 11) is -1.79. The third-order valence-corrected chi connectivity index (χ3v) is 7.11. The first kappa shape index (κ1) is 18.5. The van der Waals surface area contributed by atoms with Gasteiger partial charge in [0.2, 0.25) is 0 Å². The summed E-state index contributed by atoms with van der Waals surface area (Å²) in [5, 5.41) is 3.24. The Morgan fingerprint density at radius 3 is 2.84 bits per heavy atom. The predicted octanol–water partition coefficient (Wildman–Crippen LogP) is 1.78. The SMILES string of the molecule is COCNC1CCCC(=O)C1C(=O)c1ccc2c(c1Cl)CCS2(=O)=O. The molecule has 0 saturated heterocycles. The Hall–Kier alpha value is -1.28. The third kappa shape index (κ3) is 3.38. The number of fused-ring (bicyclic) bond motifs is 1. The number of ether oxygens (including phenoxy) is 1. The van der Waals surface area contributed by atoms with Crippen LogP contribution in [-0.4, -0.2) is 45.6 Å². The summed E-state index contributed by atoms with van der Waals surface area (Å²) in [6, 6.07) is 2.56. The summed E-state index contributed by atoms with van der Waals surface area (Å²) in [6.45, 7) is 0.248. The van der Waals surface area contributed by atoms with Gasteiger partial charge >= 0.3 is 0 Å². The van der Waals surface area contributed by atoms with Crippen molar-refractivity contribution in [3.63, 3.8) is 0 Å². The molecule has 0 spiro atoms. The monoisotopic (exact) mass is 385 g/mol. The summed E-state index contributed by atoms with van der Waals surface area (Å²) in [5.41, 5.74) is 0.708. The molecule has 1 aromatic carbocycles. The Kier molecular flexibility index (Phi) is 5.29. The average Bonchev–Trinajstić information content (AvgIpc) is 2.89. The molecule has 25 heavy (non-hydrogen) atoms. The smallest absolute Gasteiger partial charge is 0.179 e. The number of methoxy groups -OCH3 is 1. The van der Waals surface area contributed by atoms with E-state index in [4.69, 9.17) is 16.3 Å². The van der Waals surface area contributed by atoms with Crippen LogP contribution in [0.5, 0.6) is 0 Å². The number of benzene rings is 1. The summed E-state index contributed by atoms with van der Waals surface area (Å²) >= 11 is 6.35. The number of sulfone groups is 1. The van der Waals surface area contributed by atoms with Gasteiger partial charge < -0.3 is 4.74 Å². The summed E-state index contributed by atoms with van der Waals surface area (Å²) in [5.74, 6) is -1.29. The van der Waals surface area contributed by atoms with Crippen molar-refractivity contribution >= 4 is 33.0 Å². The van der Waals surface area contributed by atoms with E-state index in [1.54, 1.807) is 0 Å². The van der Waals surface area contributed by atoms with Gasteiger partial charge in [0.05, 0.1) is 28.3 Å². The lowest BCUT2D eigenvalue weighted by Gasteiger charge is -2.30. The number of nitrogens with one attached hydrogen (secondary N) is 1. The number of halogens is 1. The zero-order chi connectivity index (χ0) is 18.2. The first-order valence-corrected chi connectivity index (χ1v) is 10.2. The number of hydrogen-bond acceptors (Lipinski definition) is 6. The fraction of sp³-hybridized carbons (Fsp3) is 0.529. The van der Waals surface area contributed by atoms with Crippen LogP contribution < -0.4 is 5.32 Å². The second kappa shape index (κ2) is 7.15. The van der Waals surface area contributed by atoms with E-state index < -0.39 is 15.8 Å². The second-order valence-electron chi connectivity index (χ2n) is 6.42. The standard InChI is InChI=1S/C17H20ClNO5S/c1-24-9-19-12-3-2-4-13(20)15(12)17(21)11-5-6-14-10(16(11)18)7-8-25(14,22)23/h5-6,12,15,19H,2-4,7-9H2,1H3. The number of carbonyl (C=O) groups is 2. The topological polar surface area (TPSA) is 89.5 Å². The largest absolute Gasteiger partial charge is 0.370 e.